The lowest BCUT2D eigenvalue weighted by Crippen LogP contribution is -2.61. The van der Waals surface area contributed by atoms with Gasteiger partial charge in [0.1, 0.15) is 66.5 Å². The molecule has 4 rings (SSSR count). The van der Waals surface area contributed by atoms with E-state index in [9.17, 15) is 77.0 Å². The second kappa shape index (κ2) is 33.9. The molecule has 0 aromatic carbocycles. The smallest absolute Gasteiger partial charge is 0.303 e. The van der Waals surface area contributed by atoms with Crippen LogP contribution >= 0.6 is 54.9 Å². The van der Waals surface area contributed by atoms with Gasteiger partial charge in [0.15, 0.2) is 0 Å². The third kappa shape index (κ3) is 22.7. The van der Waals surface area contributed by atoms with Crippen LogP contribution in [0.4, 0.5) is 0 Å². The molecule has 14 amide bonds. The van der Waals surface area contributed by atoms with Gasteiger partial charge in [0.25, 0.3) is 0 Å². The molecule has 36 heteroatoms. The second-order valence-corrected chi connectivity index (χ2v) is 26.4. The number of nitrogens with one attached hydrogen (secondary N) is 11. The van der Waals surface area contributed by atoms with Crippen molar-refractivity contribution >= 4 is 144 Å². The number of amides is 14. The predicted molar refractivity (Wildman–Crippen MR) is 307 cm³/mol. The maximum atomic E-state index is 14.6. The van der Waals surface area contributed by atoms with Gasteiger partial charge in [0, 0.05) is 41.7 Å². The van der Waals surface area contributed by atoms with Crippen molar-refractivity contribution in [1.82, 2.24) is 63.4 Å². The molecule has 0 spiro atoms. The highest BCUT2D eigenvalue weighted by atomic mass is 33.1. The molecule has 83 heavy (non-hydrogen) atoms. The van der Waals surface area contributed by atoms with Gasteiger partial charge >= 0.3 is 5.97 Å². The number of carbonyl (C=O) groups excluding carboxylic acids is 14. The monoisotopic (exact) mass is 1260 g/mol. The van der Waals surface area contributed by atoms with Crippen molar-refractivity contribution in [3.63, 3.8) is 0 Å². The van der Waals surface area contributed by atoms with E-state index in [-0.39, 0.29) is 72.7 Å². The zero-order valence-electron chi connectivity index (χ0n) is 45.9. The first-order valence-electron chi connectivity index (χ1n) is 26.4. The Morgan fingerprint density at radius 2 is 1.10 bits per heavy atom. The summed E-state index contributed by atoms with van der Waals surface area (Å²) in [7, 11) is 3.63. The molecule has 4 saturated heterocycles. The van der Waals surface area contributed by atoms with Crippen molar-refractivity contribution in [2.24, 2.45) is 23.1 Å². The number of nitrogens with two attached hydrogens (primary N) is 3. The van der Waals surface area contributed by atoms with E-state index in [2.05, 4.69) is 58.5 Å². The molecule has 18 N–H and O–H groups in total. The molecule has 0 aliphatic carbocycles. The molecule has 12 atom stereocenters. The SMILES string of the molecule is CC(C)C[C@@H]1NC(=O)[C@H](CCC(=O)O)NC(=O)[C@@H]2CSCC[C@@H]3NC(=O)[C@H](C)NC(=O)[C@@H]4CCCN4C(=O)[C@H](CC(N)=O)NC(=O)[C@H](CSSC[C@H](N)C(=O)N2)NC(=O)[C@H](CSSC[C@@H](C(N)=O)NC(=O)CNC(=O)[C@H](C)NC3=O)NC1=O. The molecular formula is C47H73N15O16S5. The second-order valence-electron chi connectivity index (χ2n) is 20.2. The number of nitrogens with zero attached hydrogens (tertiary/aromatic N) is 1. The summed E-state index contributed by atoms with van der Waals surface area (Å²) in [4.78, 5) is 207. The van der Waals surface area contributed by atoms with Crippen molar-refractivity contribution in [2.75, 3.05) is 47.6 Å². The highest BCUT2D eigenvalue weighted by Crippen LogP contribution is 2.26. The lowest BCUT2D eigenvalue weighted by Gasteiger charge is -2.30. The van der Waals surface area contributed by atoms with E-state index in [1.807, 2.05) is 0 Å². The van der Waals surface area contributed by atoms with Crippen molar-refractivity contribution in [3.8, 4) is 0 Å². The van der Waals surface area contributed by atoms with Crippen LogP contribution in [-0.2, 0) is 71.9 Å². The van der Waals surface area contributed by atoms with Crippen molar-refractivity contribution < 1.29 is 77.0 Å². The van der Waals surface area contributed by atoms with Crippen LogP contribution in [0.25, 0.3) is 0 Å². The number of hydrogen-bond acceptors (Lipinski definition) is 21. The van der Waals surface area contributed by atoms with E-state index in [1.165, 1.54) is 13.8 Å². The largest absolute Gasteiger partial charge is 0.481 e. The molecular weight excluding hydrogens is 1190 g/mol. The first-order valence-corrected chi connectivity index (χ1v) is 32.5. The number of carboxylic acid groups (broad SMARTS) is 1. The fourth-order valence-corrected chi connectivity index (χ4v) is 14.0. The Hall–Kier alpha value is -6.24. The van der Waals surface area contributed by atoms with Crippen LogP contribution in [0.5, 0.6) is 0 Å². The van der Waals surface area contributed by atoms with Gasteiger partial charge in [-0.15, -0.1) is 0 Å². The zero-order chi connectivity index (χ0) is 61.7. The molecule has 462 valence electrons. The molecule has 0 aromatic rings. The lowest BCUT2D eigenvalue weighted by molar-refractivity contribution is -0.143. The Kier molecular flexibility index (Phi) is 28.3. The minimum atomic E-state index is -1.75. The summed E-state index contributed by atoms with van der Waals surface area (Å²) in [5, 5.41) is 37.2. The Morgan fingerprint density at radius 1 is 0.578 bits per heavy atom. The number of thioether (sulfide) groups is 1. The number of primary amides is 2. The van der Waals surface area contributed by atoms with Crippen molar-refractivity contribution in [3.05, 3.63) is 0 Å². The summed E-state index contributed by atoms with van der Waals surface area (Å²) in [6, 6.07) is -18.1. The third-order valence-electron chi connectivity index (χ3n) is 12.9. The average molecular weight is 1260 g/mol. The van der Waals surface area contributed by atoms with Crippen molar-refractivity contribution in [1.29, 1.82) is 0 Å². The number of carbonyl (C=O) groups is 15. The first-order chi connectivity index (χ1) is 39.1. The summed E-state index contributed by atoms with van der Waals surface area (Å²) in [5.74, 6) is -16.9. The van der Waals surface area contributed by atoms with Crippen LogP contribution in [0.1, 0.15) is 72.6 Å². The van der Waals surface area contributed by atoms with Gasteiger partial charge in [0.05, 0.1) is 19.0 Å². The molecule has 0 unspecified atom stereocenters. The van der Waals surface area contributed by atoms with Gasteiger partial charge in [-0.3, -0.25) is 71.9 Å². The standard InChI is InChI=1S/C47H73N15O16S5/c1-20(2)12-26-42(73)60-31-19-83-81-17-28(36(50)67)54-34(64)14-51-37(68)21(3)52-40(71)25-9-11-79-16-29(43(74)56-24(41(72)57-26)7-8-35(65)66)59-39(70)23(48)15-80-82-18-30(61-45(31)76)44(75)58-27(13-33(49)63)47(78)62-10-5-6-32(62)46(77)53-22(4)38(69)55-25/h20-32H,5-19,48H2,1-4H3,(H2,49,63)(H2,50,67)(H,51,68)(H,52,71)(H,53,77)(H,54,64)(H,55,69)(H,56,74)(H,57,72)(H,58,75)(H,59,70)(H,60,73)(H,61,76)(H,65,66)/t21-,22-,23-,24-,25-,26-,27-,28-,29-,30-,31-,32-/m0/s1. The molecule has 4 fully saturated rings. The summed E-state index contributed by atoms with van der Waals surface area (Å²) in [6.07, 6.45) is -2.06. The highest BCUT2D eigenvalue weighted by molar-refractivity contribution is 8.77. The quantitative estimate of drug-likeness (QED) is 0.0794. The number of rotatable bonds is 8. The Balaban J connectivity index is 1.99. The summed E-state index contributed by atoms with van der Waals surface area (Å²) in [6.45, 7) is 5.16. The zero-order valence-corrected chi connectivity index (χ0v) is 50.0. The number of hydrogen-bond donors (Lipinski definition) is 15. The summed E-state index contributed by atoms with van der Waals surface area (Å²) in [5.41, 5.74) is 17.6. The number of aliphatic carboxylic acids is 1. The molecule has 4 bridgehead atoms. The summed E-state index contributed by atoms with van der Waals surface area (Å²) >= 11 is 0.958. The van der Waals surface area contributed by atoms with Gasteiger partial charge in [-0.05, 0) is 57.6 Å². The van der Waals surface area contributed by atoms with Crippen LogP contribution < -0.4 is 75.7 Å². The Morgan fingerprint density at radius 3 is 1.72 bits per heavy atom. The average Bonchev–Trinajstić information content (AvgIpc) is 4.01. The van der Waals surface area contributed by atoms with Gasteiger partial charge < -0.3 is 85.7 Å². The van der Waals surface area contributed by atoms with Gasteiger partial charge in [-0.25, -0.2) is 0 Å². The Bertz CT molecular complexity index is 2470. The van der Waals surface area contributed by atoms with E-state index in [1.54, 1.807) is 13.8 Å². The molecule has 0 radical (unpaired) electrons. The topological polar surface area (TPSA) is 490 Å². The van der Waals surface area contributed by atoms with Crippen LogP contribution in [0.15, 0.2) is 0 Å². The minimum absolute atomic E-state index is 0.0555. The van der Waals surface area contributed by atoms with E-state index >= 15 is 0 Å². The van der Waals surface area contributed by atoms with Gasteiger partial charge in [-0.1, -0.05) is 57.0 Å². The molecule has 0 saturated carbocycles. The molecule has 31 nitrogen and oxygen atoms in total. The van der Waals surface area contributed by atoms with Crippen LogP contribution in [0, 0.1) is 5.92 Å². The van der Waals surface area contributed by atoms with Gasteiger partial charge in [0.2, 0.25) is 82.7 Å². The lowest BCUT2D eigenvalue weighted by atomic mass is 10.0. The predicted octanol–water partition coefficient (Wildman–Crippen LogP) is -6.49. The molecule has 4 heterocycles. The molecule has 4 aliphatic heterocycles. The van der Waals surface area contributed by atoms with Crippen molar-refractivity contribution in [2.45, 2.75) is 145 Å². The molecule has 0 aromatic heterocycles. The minimum Gasteiger partial charge on any atom is -0.481 e. The fraction of sp³-hybridized carbons (Fsp3) is 0.681. The van der Waals surface area contributed by atoms with E-state index < -0.39 is 187 Å². The third-order valence-corrected chi connectivity index (χ3v) is 18.9. The number of fused-ring (bicyclic) bond motifs is 20. The van der Waals surface area contributed by atoms with Gasteiger partial charge in [-0.2, -0.15) is 11.8 Å². The maximum Gasteiger partial charge on any atom is 0.303 e. The fourth-order valence-electron chi connectivity index (χ4n) is 8.36. The summed E-state index contributed by atoms with van der Waals surface area (Å²) < 4.78 is 0. The van der Waals surface area contributed by atoms with E-state index in [0.717, 1.165) is 59.8 Å². The maximum absolute atomic E-state index is 14.6. The van der Waals surface area contributed by atoms with Crippen LogP contribution in [-0.4, -0.2) is 219 Å². The highest BCUT2D eigenvalue weighted by Gasteiger charge is 2.41. The Labute approximate surface area is 497 Å². The molecule has 4 aliphatic rings. The van der Waals surface area contributed by atoms with Crippen LogP contribution in [0.3, 0.4) is 0 Å². The van der Waals surface area contributed by atoms with E-state index in [4.69, 9.17) is 17.2 Å². The van der Waals surface area contributed by atoms with Crippen LogP contribution in [0.2, 0.25) is 0 Å². The first kappa shape index (κ1) is 69.3. The number of carboxylic acids is 1. The normalized spacial score (nSPS) is 30.2. The van der Waals surface area contributed by atoms with E-state index in [0.29, 0.717) is 0 Å².